The van der Waals surface area contributed by atoms with Crippen LogP contribution in [0, 0.1) is 6.92 Å². The van der Waals surface area contributed by atoms with E-state index in [-0.39, 0.29) is 6.61 Å². The molecule has 0 aliphatic heterocycles. The summed E-state index contributed by atoms with van der Waals surface area (Å²) in [5.41, 5.74) is 7.74. The summed E-state index contributed by atoms with van der Waals surface area (Å²) < 4.78 is 4.69. The molecule has 1 aromatic heterocycles. The highest BCUT2D eigenvalue weighted by atomic mass is 32.1. The number of aliphatic hydroxyl groups is 2. The van der Waals surface area contributed by atoms with Crippen molar-refractivity contribution >= 4 is 22.4 Å². The van der Waals surface area contributed by atoms with Crippen molar-refractivity contribution in [3.63, 3.8) is 0 Å². The number of esters is 1. The van der Waals surface area contributed by atoms with Crippen LogP contribution in [0.3, 0.4) is 0 Å². The highest BCUT2D eigenvalue weighted by molar-refractivity contribution is 7.15. The van der Waals surface area contributed by atoms with Crippen LogP contribution < -0.4 is 5.73 Å². The normalized spacial score (nSPS) is 13.6. The molecular formula is C15H18N2O4S. The van der Waals surface area contributed by atoms with Gasteiger partial charge < -0.3 is 20.7 Å². The standard InChI is InChI=1S/C15H18N2O4S/c1-3-21-14(20)13(19)12(18)10-6-4-9(5-7-10)11-8(2)22-15(16)17-11/h4-7,12-13,18-19H,3H2,1-2H3,(H2,16,17). The number of anilines is 1. The van der Waals surface area contributed by atoms with Gasteiger partial charge in [0.05, 0.1) is 12.3 Å². The maximum absolute atomic E-state index is 11.4. The van der Waals surface area contributed by atoms with Gasteiger partial charge in [0.15, 0.2) is 11.2 Å². The first-order valence-corrected chi connectivity index (χ1v) is 7.61. The zero-order valence-corrected chi connectivity index (χ0v) is 13.1. The van der Waals surface area contributed by atoms with Crippen LogP contribution in [0.15, 0.2) is 24.3 Å². The number of benzene rings is 1. The number of nitrogen functional groups attached to an aromatic ring is 1. The number of hydrogen-bond donors (Lipinski definition) is 3. The second kappa shape index (κ2) is 6.87. The van der Waals surface area contributed by atoms with E-state index in [0.717, 1.165) is 16.1 Å². The predicted octanol–water partition coefficient (Wildman–Crippen LogP) is 1.66. The SMILES string of the molecule is CCOC(=O)C(O)C(O)c1ccc(-c2nc(N)sc2C)cc1. The molecule has 0 bridgehead atoms. The molecule has 2 aromatic rings. The van der Waals surface area contributed by atoms with Crippen molar-refractivity contribution in [1.82, 2.24) is 4.98 Å². The van der Waals surface area contributed by atoms with Gasteiger partial charge in [-0.3, -0.25) is 0 Å². The van der Waals surface area contributed by atoms with E-state index in [4.69, 9.17) is 5.73 Å². The minimum Gasteiger partial charge on any atom is -0.464 e. The number of carbonyl (C=O) groups is 1. The monoisotopic (exact) mass is 322 g/mol. The van der Waals surface area contributed by atoms with Crippen LogP contribution in [-0.4, -0.2) is 33.9 Å². The quantitative estimate of drug-likeness (QED) is 0.723. The Labute approximate surface area is 132 Å². The van der Waals surface area contributed by atoms with E-state index in [0.29, 0.717) is 10.7 Å². The van der Waals surface area contributed by atoms with Gasteiger partial charge in [0, 0.05) is 10.4 Å². The topological polar surface area (TPSA) is 106 Å². The van der Waals surface area contributed by atoms with Gasteiger partial charge in [-0.1, -0.05) is 24.3 Å². The number of aliphatic hydroxyl groups excluding tert-OH is 2. The Bertz CT molecular complexity index is 654. The molecule has 2 unspecified atom stereocenters. The first kappa shape index (κ1) is 16.4. The molecule has 4 N–H and O–H groups in total. The highest BCUT2D eigenvalue weighted by Crippen LogP contribution is 2.30. The van der Waals surface area contributed by atoms with Crippen molar-refractivity contribution in [1.29, 1.82) is 0 Å². The summed E-state index contributed by atoms with van der Waals surface area (Å²) in [5.74, 6) is -0.845. The first-order chi connectivity index (χ1) is 10.4. The van der Waals surface area contributed by atoms with Gasteiger partial charge >= 0.3 is 5.97 Å². The third-order valence-electron chi connectivity index (χ3n) is 3.17. The smallest absolute Gasteiger partial charge is 0.338 e. The maximum atomic E-state index is 11.4. The van der Waals surface area contributed by atoms with Crippen molar-refractivity contribution in [3.05, 3.63) is 34.7 Å². The molecule has 0 radical (unpaired) electrons. The molecule has 2 atom stereocenters. The lowest BCUT2D eigenvalue weighted by Gasteiger charge is -2.16. The molecule has 2 rings (SSSR count). The molecule has 1 aromatic carbocycles. The van der Waals surface area contributed by atoms with Gasteiger partial charge in [0.2, 0.25) is 0 Å². The van der Waals surface area contributed by atoms with Crippen molar-refractivity contribution in [2.75, 3.05) is 12.3 Å². The van der Waals surface area contributed by atoms with Crippen molar-refractivity contribution in [2.45, 2.75) is 26.1 Å². The lowest BCUT2D eigenvalue weighted by molar-refractivity contribution is -0.159. The van der Waals surface area contributed by atoms with E-state index < -0.39 is 18.2 Å². The summed E-state index contributed by atoms with van der Waals surface area (Å²) >= 11 is 1.40. The van der Waals surface area contributed by atoms with Crippen LogP contribution in [0.5, 0.6) is 0 Å². The summed E-state index contributed by atoms with van der Waals surface area (Å²) in [6, 6.07) is 6.80. The summed E-state index contributed by atoms with van der Waals surface area (Å²) in [7, 11) is 0. The van der Waals surface area contributed by atoms with Crippen molar-refractivity contribution in [2.24, 2.45) is 0 Å². The molecule has 118 valence electrons. The minimum absolute atomic E-state index is 0.145. The Hall–Kier alpha value is -1.96. The van der Waals surface area contributed by atoms with Gasteiger partial charge in [-0.05, 0) is 19.4 Å². The van der Waals surface area contributed by atoms with E-state index in [1.54, 1.807) is 31.2 Å². The number of ether oxygens (including phenoxy) is 1. The average Bonchev–Trinajstić information content (AvgIpc) is 2.85. The molecule has 0 amide bonds. The number of aryl methyl sites for hydroxylation is 1. The number of nitrogens with zero attached hydrogens (tertiary/aromatic N) is 1. The molecule has 0 saturated carbocycles. The Morgan fingerprint density at radius 1 is 1.36 bits per heavy atom. The lowest BCUT2D eigenvalue weighted by Crippen LogP contribution is -2.29. The molecule has 0 aliphatic carbocycles. The van der Waals surface area contributed by atoms with E-state index in [1.165, 1.54) is 11.3 Å². The molecule has 7 heteroatoms. The largest absolute Gasteiger partial charge is 0.464 e. The van der Waals surface area contributed by atoms with Gasteiger partial charge in [0.1, 0.15) is 6.10 Å². The zero-order valence-electron chi connectivity index (χ0n) is 12.3. The molecule has 0 aliphatic rings. The van der Waals surface area contributed by atoms with Crippen LogP contribution in [0.25, 0.3) is 11.3 Å². The number of aromatic nitrogens is 1. The number of hydrogen-bond acceptors (Lipinski definition) is 7. The van der Waals surface area contributed by atoms with E-state index >= 15 is 0 Å². The zero-order chi connectivity index (χ0) is 16.3. The molecule has 0 fully saturated rings. The molecule has 22 heavy (non-hydrogen) atoms. The average molecular weight is 322 g/mol. The summed E-state index contributed by atoms with van der Waals surface area (Å²) in [6.07, 6.45) is -2.95. The first-order valence-electron chi connectivity index (χ1n) is 6.80. The van der Waals surface area contributed by atoms with Crippen molar-refractivity contribution < 1.29 is 19.7 Å². The van der Waals surface area contributed by atoms with Crippen LogP contribution in [0.2, 0.25) is 0 Å². The molecule has 0 saturated heterocycles. The van der Waals surface area contributed by atoms with Gasteiger partial charge in [-0.2, -0.15) is 0 Å². The minimum atomic E-state index is -1.61. The Balaban J connectivity index is 2.18. The molecule has 6 nitrogen and oxygen atoms in total. The second-order valence-electron chi connectivity index (χ2n) is 4.72. The van der Waals surface area contributed by atoms with Crippen molar-refractivity contribution in [3.8, 4) is 11.3 Å². The van der Waals surface area contributed by atoms with E-state index in [1.807, 2.05) is 6.92 Å². The van der Waals surface area contributed by atoms with E-state index in [2.05, 4.69) is 9.72 Å². The van der Waals surface area contributed by atoms with Crippen LogP contribution in [-0.2, 0) is 9.53 Å². The van der Waals surface area contributed by atoms with Gasteiger partial charge in [-0.15, -0.1) is 11.3 Å². The number of carbonyl (C=O) groups excluding carboxylic acids is 1. The van der Waals surface area contributed by atoms with Crippen LogP contribution >= 0.6 is 11.3 Å². The Morgan fingerprint density at radius 2 is 2.00 bits per heavy atom. The predicted molar refractivity (Wildman–Crippen MR) is 84.3 cm³/mol. The number of thiazole rings is 1. The fraction of sp³-hybridized carbons (Fsp3) is 0.333. The highest BCUT2D eigenvalue weighted by Gasteiger charge is 2.26. The molecule has 1 heterocycles. The second-order valence-corrected chi connectivity index (χ2v) is 5.96. The number of nitrogens with two attached hydrogens (primary N) is 1. The summed E-state index contributed by atoms with van der Waals surface area (Å²) in [4.78, 5) is 16.7. The van der Waals surface area contributed by atoms with Gasteiger partial charge in [0.25, 0.3) is 0 Å². The fourth-order valence-corrected chi connectivity index (χ4v) is 2.77. The molecular weight excluding hydrogens is 304 g/mol. The Morgan fingerprint density at radius 3 is 2.50 bits per heavy atom. The summed E-state index contributed by atoms with van der Waals surface area (Å²) in [5, 5.41) is 20.3. The Kier molecular flexibility index (Phi) is 5.12. The van der Waals surface area contributed by atoms with Crippen LogP contribution in [0.1, 0.15) is 23.5 Å². The summed E-state index contributed by atoms with van der Waals surface area (Å²) in [6.45, 7) is 3.70. The van der Waals surface area contributed by atoms with Gasteiger partial charge in [-0.25, -0.2) is 9.78 Å². The third kappa shape index (κ3) is 3.44. The van der Waals surface area contributed by atoms with E-state index in [9.17, 15) is 15.0 Å². The van der Waals surface area contributed by atoms with Crippen LogP contribution in [0.4, 0.5) is 5.13 Å². The molecule has 0 spiro atoms. The third-order valence-corrected chi connectivity index (χ3v) is 3.97. The maximum Gasteiger partial charge on any atom is 0.338 e. The number of rotatable bonds is 5. The fourth-order valence-electron chi connectivity index (χ4n) is 2.06. The lowest BCUT2D eigenvalue weighted by atomic mass is 10.0.